The van der Waals surface area contributed by atoms with Crippen molar-refractivity contribution < 1.29 is 0 Å². The van der Waals surface area contributed by atoms with E-state index in [1.54, 1.807) is 0 Å². The Labute approximate surface area is 86.4 Å². The third-order valence-electron chi connectivity index (χ3n) is 2.43. The molecule has 78 valence electrons. The van der Waals surface area contributed by atoms with E-state index in [1.807, 2.05) is 7.05 Å². The molecular formula is C11H19N3. The van der Waals surface area contributed by atoms with Crippen LogP contribution in [0.25, 0.3) is 0 Å². The summed E-state index contributed by atoms with van der Waals surface area (Å²) >= 11 is 0. The van der Waals surface area contributed by atoms with Crippen molar-refractivity contribution >= 4 is 0 Å². The van der Waals surface area contributed by atoms with Gasteiger partial charge in [0.25, 0.3) is 0 Å². The molecule has 0 saturated heterocycles. The summed E-state index contributed by atoms with van der Waals surface area (Å²) in [5, 5.41) is 11.6. The molecule has 0 amide bonds. The maximum absolute atomic E-state index is 8.54. The Kier molecular flexibility index (Phi) is 4.64. The minimum Gasteiger partial charge on any atom is -0.316 e. The maximum atomic E-state index is 8.54. The average molecular weight is 193 g/mol. The monoisotopic (exact) mass is 193 g/mol. The summed E-state index contributed by atoms with van der Waals surface area (Å²) < 4.78 is 0. The topological polar surface area (TPSA) is 39.1 Å². The number of rotatable bonds is 7. The number of likely N-dealkylation sites (N-methyl/N-ethyl adjacent to an activating group) is 1. The second-order valence-corrected chi connectivity index (χ2v) is 3.89. The van der Waals surface area contributed by atoms with E-state index >= 15 is 0 Å². The van der Waals surface area contributed by atoms with Gasteiger partial charge in [-0.3, -0.25) is 4.90 Å². The van der Waals surface area contributed by atoms with Crippen LogP contribution >= 0.6 is 0 Å². The van der Waals surface area contributed by atoms with Crippen molar-refractivity contribution in [2.45, 2.75) is 25.3 Å². The van der Waals surface area contributed by atoms with E-state index in [0.717, 1.165) is 25.7 Å². The molecular weight excluding hydrogens is 174 g/mol. The highest BCUT2D eigenvalue weighted by molar-refractivity contribution is 5.02. The van der Waals surface area contributed by atoms with Gasteiger partial charge in [-0.15, -0.1) is 0 Å². The van der Waals surface area contributed by atoms with E-state index < -0.39 is 0 Å². The third kappa shape index (κ3) is 3.91. The van der Waals surface area contributed by atoms with E-state index in [1.165, 1.54) is 18.4 Å². The first kappa shape index (κ1) is 11.2. The van der Waals surface area contributed by atoms with Crippen LogP contribution in [-0.2, 0) is 0 Å². The summed E-state index contributed by atoms with van der Waals surface area (Å²) in [4.78, 5) is 2.38. The molecule has 0 spiro atoms. The second kappa shape index (κ2) is 5.79. The van der Waals surface area contributed by atoms with Crippen LogP contribution in [0.3, 0.4) is 0 Å². The van der Waals surface area contributed by atoms with Gasteiger partial charge in [-0.2, -0.15) is 5.26 Å². The van der Waals surface area contributed by atoms with Crippen molar-refractivity contribution in [2.75, 3.05) is 26.7 Å². The molecule has 0 unspecified atom stereocenters. The van der Waals surface area contributed by atoms with Crippen LogP contribution in [0.5, 0.6) is 0 Å². The van der Waals surface area contributed by atoms with Crippen LogP contribution in [0, 0.1) is 11.3 Å². The predicted molar refractivity (Wildman–Crippen MR) is 57.9 cm³/mol. The summed E-state index contributed by atoms with van der Waals surface area (Å²) in [6.45, 7) is 6.72. The molecule has 14 heavy (non-hydrogen) atoms. The van der Waals surface area contributed by atoms with Gasteiger partial charge in [-0.25, -0.2) is 0 Å². The summed E-state index contributed by atoms with van der Waals surface area (Å²) in [5.74, 6) is 0. The maximum Gasteiger partial charge on any atom is 0.0635 e. The average Bonchev–Trinajstić information content (AvgIpc) is 2.95. The van der Waals surface area contributed by atoms with Crippen molar-refractivity contribution in [3.05, 3.63) is 12.2 Å². The fraction of sp³-hybridized carbons (Fsp3) is 0.727. The molecule has 1 rings (SSSR count). The van der Waals surface area contributed by atoms with Gasteiger partial charge in [0, 0.05) is 32.1 Å². The zero-order valence-corrected chi connectivity index (χ0v) is 8.92. The molecule has 0 radical (unpaired) electrons. The molecule has 0 bridgehead atoms. The first-order chi connectivity index (χ1) is 6.77. The molecule has 3 heteroatoms. The Balaban J connectivity index is 2.28. The van der Waals surface area contributed by atoms with Gasteiger partial charge in [-0.1, -0.05) is 6.58 Å². The van der Waals surface area contributed by atoms with E-state index in [2.05, 4.69) is 22.9 Å². The van der Waals surface area contributed by atoms with Crippen LogP contribution in [0.2, 0.25) is 0 Å². The summed E-state index contributed by atoms with van der Waals surface area (Å²) in [5.41, 5.74) is 1.21. The van der Waals surface area contributed by atoms with Gasteiger partial charge < -0.3 is 5.32 Å². The lowest BCUT2D eigenvalue weighted by Gasteiger charge is -2.21. The van der Waals surface area contributed by atoms with Crippen LogP contribution in [-0.4, -0.2) is 37.6 Å². The summed E-state index contributed by atoms with van der Waals surface area (Å²) in [6, 6.07) is 2.92. The van der Waals surface area contributed by atoms with Gasteiger partial charge >= 0.3 is 0 Å². The lowest BCUT2D eigenvalue weighted by molar-refractivity contribution is 0.291. The van der Waals surface area contributed by atoms with Gasteiger partial charge in [0.2, 0.25) is 0 Å². The highest BCUT2D eigenvalue weighted by Gasteiger charge is 2.28. The highest BCUT2D eigenvalue weighted by Crippen LogP contribution is 2.27. The predicted octanol–water partition coefficient (Wildman–Crippen LogP) is 1.14. The zero-order valence-electron chi connectivity index (χ0n) is 8.92. The Hall–Kier alpha value is -0.850. The van der Waals surface area contributed by atoms with Gasteiger partial charge in [0.05, 0.1) is 6.07 Å². The van der Waals surface area contributed by atoms with Crippen LogP contribution in [0.4, 0.5) is 0 Å². The molecule has 1 saturated carbocycles. The minimum atomic E-state index is 0.628. The van der Waals surface area contributed by atoms with E-state index in [4.69, 9.17) is 5.26 Å². The normalized spacial score (nSPS) is 15.5. The molecule has 1 N–H and O–H groups in total. The van der Waals surface area contributed by atoms with Crippen LogP contribution in [0.15, 0.2) is 12.2 Å². The molecule has 0 aromatic carbocycles. The largest absolute Gasteiger partial charge is 0.316 e. The van der Waals surface area contributed by atoms with Crippen molar-refractivity contribution in [3.63, 3.8) is 0 Å². The van der Waals surface area contributed by atoms with E-state index in [0.29, 0.717) is 6.42 Å². The first-order valence-electron chi connectivity index (χ1n) is 5.20. The first-order valence-corrected chi connectivity index (χ1v) is 5.20. The fourth-order valence-electron chi connectivity index (χ4n) is 1.62. The molecule has 0 heterocycles. The summed E-state index contributed by atoms with van der Waals surface area (Å²) in [6.07, 6.45) is 3.21. The SMILES string of the molecule is C=C(CNC)CN(CCC#N)C1CC1. The van der Waals surface area contributed by atoms with Crippen molar-refractivity contribution in [1.29, 1.82) is 5.26 Å². The Morgan fingerprint density at radius 1 is 1.64 bits per heavy atom. The Morgan fingerprint density at radius 2 is 2.36 bits per heavy atom. The number of nitriles is 1. The smallest absolute Gasteiger partial charge is 0.0635 e. The quantitative estimate of drug-likeness (QED) is 0.616. The molecule has 0 aromatic heterocycles. The minimum absolute atomic E-state index is 0.628. The van der Waals surface area contributed by atoms with E-state index in [9.17, 15) is 0 Å². The van der Waals surface area contributed by atoms with E-state index in [-0.39, 0.29) is 0 Å². The van der Waals surface area contributed by atoms with Crippen LogP contribution in [0.1, 0.15) is 19.3 Å². The summed E-state index contributed by atoms with van der Waals surface area (Å²) in [7, 11) is 1.93. The standard InChI is InChI=1S/C11H19N3/c1-10(8-13-2)9-14(7-3-6-12)11-4-5-11/h11,13H,1,3-5,7-9H2,2H3. The Morgan fingerprint density at radius 3 is 2.86 bits per heavy atom. The van der Waals surface area contributed by atoms with Gasteiger partial charge in [-0.05, 0) is 25.5 Å². The van der Waals surface area contributed by atoms with Gasteiger partial charge in [0.1, 0.15) is 0 Å². The zero-order chi connectivity index (χ0) is 10.4. The molecule has 0 aliphatic heterocycles. The molecule has 1 fully saturated rings. The number of nitrogens with zero attached hydrogens (tertiary/aromatic N) is 2. The van der Waals surface area contributed by atoms with Crippen LogP contribution < -0.4 is 5.32 Å². The number of hydrogen-bond donors (Lipinski definition) is 1. The molecule has 0 aromatic rings. The van der Waals surface area contributed by atoms with Crippen molar-refractivity contribution in [1.82, 2.24) is 10.2 Å². The second-order valence-electron chi connectivity index (χ2n) is 3.89. The molecule has 1 aliphatic rings. The van der Waals surface area contributed by atoms with Crippen molar-refractivity contribution in [3.8, 4) is 6.07 Å². The fourth-order valence-corrected chi connectivity index (χ4v) is 1.62. The molecule has 0 atom stereocenters. The van der Waals surface area contributed by atoms with Gasteiger partial charge in [0.15, 0.2) is 0 Å². The lowest BCUT2D eigenvalue weighted by atomic mass is 10.2. The molecule has 1 aliphatic carbocycles. The highest BCUT2D eigenvalue weighted by atomic mass is 15.2. The Bertz CT molecular complexity index is 225. The third-order valence-corrected chi connectivity index (χ3v) is 2.43. The number of hydrogen-bond acceptors (Lipinski definition) is 3. The van der Waals surface area contributed by atoms with Crippen molar-refractivity contribution in [2.24, 2.45) is 0 Å². The number of nitrogens with one attached hydrogen (secondary N) is 1. The lowest BCUT2D eigenvalue weighted by Crippen LogP contribution is -2.31. The molecule has 3 nitrogen and oxygen atoms in total.